The SMILES string of the molecule is O=C(O)CCc1nnc(-c2cc(Cl)cc([N+](=O)[O-])c2)o1. The van der Waals surface area contributed by atoms with Crippen molar-refractivity contribution in [3.05, 3.63) is 39.2 Å². The van der Waals surface area contributed by atoms with Crippen LogP contribution >= 0.6 is 11.6 Å². The number of non-ortho nitro benzene ring substituents is 1. The molecule has 20 heavy (non-hydrogen) atoms. The molecule has 0 aliphatic heterocycles. The van der Waals surface area contributed by atoms with Crippen LogP contribution in [0.2, 0.25) is 5.02 Å². The topological polar surface area (TPSA) is 119 Å². The lowest BCUT2D eigenvalue weighted by atomic mass is 10.2. The number of rotatable bonds is 5. The first-order valence-electron chi connectivity index (χ1n) is 5.45. The highest BCUT2D eigenvalue weighted by Gasteiger charge is 2.15. The third-order valence-electron chi connectivity index (χ3n) is 2.36. The van der Waals surface area contributed by atoms with Crippen molar-refractivity contribution in [1.29, 1.82) is 0 Å². The molecule has 0 bridgehead atoms. The number of nitro benzene ring substituents is 1. The number of benzene rings is 1. The van der Waals surface area contributed by atoms with Gasteiger partial charge in [0.2, 0.25) is 11.8 Å². The van der Waals surface area contributed by atoms with Crippen molar-refractivity contribution < 1.29 is 19.2 Å². The Morgan fingerprint density at radius 1 is 1.40 bits per heavy atom. The Kier molecular flexibility index (Phi) is 3.94. The number of hydrogen-bond acceptors (Lipinski definition) is 6. The van der Waals surface area contributed by atoms with Crippen LogP contribution in [0.3, 0.4) is 0 Å². The van der Waals surface area contributed by atoms with Gasteiger partial charge < -0.3 is 9.52 Å². The van der Waals surface area contributed by atoms with Crippen LogP contribution in [-0.2, 0) is 11.2 Å². The molecule has 0 unspecified atom stereocenters. The molecule has 0 amide bonds. The standard InChI is InChI=1S/C11H8ClN3O5/c12-7-3-6(4-8(5-7)15(18)19)11-14-13-9(20-11)1-2-10(16)17/h3-5H,1-2H2,(H,16,17). The molecule has 0 aliphatic rings. The Bertz CT molecular complexity index is 670. The highest BCUT2D eigenvalue weighted by atomic mass is 35.5. The third-order valence-corrected chi connectivity index (χ3v) is 2.58. The molecule has 0 saturated heterocycles. The van der Waals surface area contributed by atoms with E-state index in [9.17, 15) is 14.9 Å². The highest BCUT2D eigenvalue weighted by Crippen LogP contribution is 2.27. The van der Waals surface area contributed by atoms with Gasteiger partial charge in [-0.2, -0.15) is 0 Å². The van der Waals surface area contributed by atoms with E-state index in [1.54, 1.807) is 0 Å². The summed E-state index contributed by atoms with van der Waals surface area (Å²) in [6.45, 7) is 0. The largest absolute Gasteiger partial charge is 0.481 e. The molecule has 1 aromatic heterocycles. The van der Waals surface area contributed by atoms with Crippen molar-refractivity contribution in [3.8, 4) is 11.5 Å². The Morgan fingerprint density at radius 3 is 2.80 bits per heavy atom. The van der Waals surface area contributed by atoms with Crippen LogP contribution in [0.1, 0.15) is 12.3 Å². The Morgan fingerprint density at radius 2 is 2.15 bits per heavy atom. The molecule has 8 nitrogen and oxygen atoms in total. The number of halogens is 1. The first-order chi connectivity index (χ1) is 9.45. The maximum Gasteiger partial charge on any atom is 0.303 e. The van der Waals surface area contributed by atoms with Gasteiger partial charge in [0.05, 0.1) is 11.3 Å². The van der Waals surface area contributed by atoms with Crippen LogP contribution in [0.15, 0.2) is 22.6 Å². The molecule has 0 saturated carbocycles. The van der Waals surface area contributed by atoms with E-state index in [0.717, 1.165) is 0 Å². The predicted octanol–water partition coefficient (Wildman–Crippen LogP) is 2.32. The number of hydrogen-bond donors (Lipinski definition) is 1. The zero-order valence-corrected chi connectivity index (χ0v) is 10.7. The molecule has 0 radical (unpaired) electrons. The molecule has 0 fully saturated rings. The summed E-state index contributed by atoms with van der Waals surface area (Å²) in [4.78, 5) is 20.6. The van der Waals surface area contributed by atoms with Gasteiger partial charge in [-0.15, -0.1) is 10.2 Å². The predicted molar refractivity (Wildman–Crippen MR) is 67.4 cm³/mol. The van der Waals surface area contributed by atoms with Gasteiger partial charge in [-0.1, -0.05) is 11.6 Å². The number of aryl methyl sites for hydroxylation is 1. The van der Waals surface area contributed by atoms with E-state index < -0.39 is 10.9 Å². The maximum atomic E-state index is 10.7. The van der Waals surface area contributed by atoms with Crippen molar-refractivity contribution in [2.45, 2.75) is 12.8 Å². The second kappa shape index (κ2) is 5.66. The molecule has 2 rings (SSSR count). The summed E-state index contributed by atoms with van der Waals surface area (Å²) in [6.07, 6.45) is -0.0533. The van der Waals surface area contributed by atoms with Crippen molar-refractivity contribution in [1.82, 2.24) is 10.2 Å². The lowest BCUT2D eigenvalue weighted by Gasteiger charge is -1.97. The molecular weight excluding hydrogens is 290 g/mol. The van der Waals surface area contributed by atoms with Crippen LogP contribution in [0, 0.1) is 10.1 Å². The van der Waals surface area contributed by atoms with Gasteiger partial charge in [-0.3, -0.25) is 14.9 Å². The van der Waals surface area contributed by atoms with E-state index in [4.69, 9.17) is 21.1 Å². The van der Waals surface area contributed by atoms with E-state index in [-0.39, 0.29) is 35.3 Å². The van der Waals surface area contributed by atoms with E-state index >= 15 is 0 Å². The third kappa shape index (κ3) is 3.29. The van der Waals surface area contributed by atoms with E-state index in [1.807, 2.05) is 0 Å². The van der Waals surface area contributed by atoms with Crippen LogP contribution in [0.25, 0.3) is 11.5 Å². The van der Waals surface area contributed by atoms with E-state index in [2.05, 4.69) is 10.2 Å². The van der Waals surface area contributed by atoms with Crippen LogP contribution in [0.5, 0.6) is 0 Å². The quantitative estimate of drug-likeness (QED) is 0.664. The number of carboxylic acids is 1. The summed E-state index contributed by atoms with van der Waals surface area (Å²) in [6, 6.07) is 3.90. The van der Waals surface area contributed by atoms with Gasteiger partial charge in [-0.25, -0.2) is 0 Å². The van der Waals surface area contributed by atoms with Crippen molar-refractivity contribution in [2.24, 2.45) is 0 Å². The lowest BCUT2D eigenvalue weighted by molar-refractivity contribution is -0.384. The summed E-state index contributed by atoms with van der Waals surface area (Å²) in [5, 5.41) is 26.8. The van der Waals surface area contributed by atoms with Gasteiger partial charge in [0, 0.05) is 29.1 Å². The maximum absolute atomic E-state index is 10.7. The zero-order chi connectivity index (χ0) is 14.7. The van der Waals surface area contributed by atoms with Crippen molar-refractivity contribution >= 4 is 23.3 Å². The van der Waals surface area contributed by atoms with Crippen molar-refractivity contribution in [2.75, 3.05) is 0 Å². The highest BCUT2D eigenvalue weighted by molar-refractivity contribution is 6.31. The Labute approximate surface area is 117 Å². The molecule has 0 spiro atoms. The fourth-order valence-electron chi connectivity index (χ4n) is 1.49. The minimum absolute atomic E-state index is 0.0518. The second-order valence-corrected chi connectivity index (χ2v) is 4.29. The Balaban J connectivity index is 2.27. The molecule has 1 N–H and O–H groups in total. The Hall–Kier alpha value is -2.48. The number of carboxylic acid groups (broad SMARTS) is 1. The molecule has 1 heterocycles. The van der Waals surface area contributed by atoms with Crippen LogP contribution in [-0.4, -0.2) is 26.2 Å². The van der Waals surface area contributed by atoms with Crippen LogP contribution in [0.4, 0.5) is 5.69 Å². The lowest BCUT2D eigenvalue weighted by Crippen LogP contribution is -1.97. The summed E-state index contributed by atoms with van der Waals surface area (Å²) < 4.78 is 5.24. The second-order valence-electron chi connectivity index (χ2n) is 3.85. The molecular formula is C11H8ClN3O5. The summed E-state index contributed by atoms with van der Waals surface area (Å²) in [5.74, 6) is -0.788. The number of aliphatic carboxylic acids is 1. The molecule has 104 valence electrons. The summed E-state index contributed by atoms with van der Waals surface area (Å²) in [7, 11) is 0. The van der Waals surface area contributed by atoms with Gasteiger partial charge in [0.1, 0.15) is 0 Å². The normalized spacial score (nSPS) is 10.4. The molecule has 9 heteroatoms. The van der Waals surface area contributed by atoms with E-state index in [0.29, 0.717) is 5.56 Å². The average Bonchev–Trinajstić information content (AvgIpc) is 2.84. The van der Waals surface area contributed by atoms with E-state index in [1.165, 1.54) is 18.2 Å². The molecule has 2 aromatic rings. The number of nitrogens with zero attached hydrogens (tertiary/aromatic N) is 3. The van der Waals surface area contributed by atoms with Gasteiger partial charge in [-0.05, 0) is 6.07 Å². The molecule has 0 atom stereocenters. The first kappa shape index (κ1) is 13.9. The minimum atomic E-state index is -0.983. The smallest absolute Gasteiger partial charge is 0.303 e. The zero-order valence-electron chi connectivity index (χ0n) is 9.95. The number of carbonyl (C=O) groups is 1. The van der Waals surface area contributed by atoms with Gasteiger partial charge >= 0.3 is 5.97 Å². The number of aromatic nitrogens is 2. The van der Waals surface area contributed by atoms with Gasteiger partial charge in [0.25, 0.3) is 5.69 Å². The number of nitro groups is 1. The first-order valence-corrected chi connectivity index (χ1v) is 5.83. The summed E-state index contributed by atoms with van der Waals surface area (Å²) in [5.41, 5.74) is 0.107. The van der Waals surface area contributed by atoms with Crippen LogP contribution < -0.4 is 0 Å². The minimum Gasteiger partial charge on any atom is -0.481 e. The summed E-state index contributed by atoms with van der Waals surface area (Å²) >= 11 is 5.78. The average molecular weight is 298 g/mol. The fraction of sp³-hybridized carbons (Fsp3) is 0.182. The monoisotopic (exact) mass is 297 g/mol. The fourth-order valence-corrected chi connectivity index (χ4v) is 1.72. The van der Waals surface area contributed by atoms with Crippen molar-refractivity contribution in [3.63, 3.8) is 0 Å². The van der Waals surface area contributed by atoms with Gasteiger partial charge in [0.15, 0.2) is 0 Å². The molecule has 0 aliphatic carbocycles. The molecule has 1 aromatic carbocycles.